The van der Waals surface area contributed by atoms with Gasteiger partial charge in [0, 0.05) is 6.04 Å². The molecular weight excluding hydrogens is 242 g/mol. The summed E-state index contributed by atoms with van der Waals surface area (Å²) < 4.78 is 0. The van der Waals surface area contributed by atoms with Crippen LogP contribution in [0.3, 0.4) is 0 Å². The first kappa shape index (κ1) is 15.6. The van der Waals surface area contributed by atoms with Crippen molar-refractivity contribution >= 4 is 0 Å². The Morgan fingerprint density at radius 3 is 2.55 bits per heavy atom. The Hall–Kier alpha value is -0.820. The summed E-state index contributed by atoms with van der Waals surface area (Å²) in [6.45, 7) is 8.10. The van der Waals surface area contributed by atoms with E-state index >= 15 is 0 Å². The molecule has 1 heteroatoms. The molecule has 0 heterocycles. The van der Waals surface area contributed by atoms with E-state index in [0.29, 0.717) is 0 Å². The Balaban J connectivity index is 1.85. The van der Waals surface area contributed by atoms with Gasteiger partial charge in [0.1, 0.15) is 0 Å². The minimum atomic E-state index is 0.735. The van der Waals surface area contributed by atoms with Gasteiger partial charge in [-0.2, -0.15) is 0 Å². The predicted octanol–water partition coefficient (Wildman–Crippen LogP) is 4.98. The minimum Gasteiger partial charge on any atom is -0.314 e. The van der Waals surface area contributed by atoms with E-state index in [-0.39, 0.29) is 0 Å². The van der Waals surface area contributed by atoms with Gasteiger partial charge in [0.05, 0.1) is 0 Å². The molecule has 0 saturated heterocycles. The van der Waals surface area contributed by atoms with Crippen molar-refractivity contribution in [3.63, 3.8) is 0 Å². The molecule has 0 amide bonds. The molecule has 1 aromatic rings. The average Bonchev–Trinajstić information content (AvgIpc) is 3.23. The van der Waals surface area contributed by atoms with E-state index in [1.165, 1.54) is 38.6 Å². The van der Waals surface area contributed by atoms with Crippen LogP contribution in [0.15, 0.2) is 30.3 Å². The third-order valence-corrected chi connectivity index (χ3v) is 4.54. The highest BCUT2D eigenvalue weighted by Crippen LogP contribution is 2.50. The lowest BCUT2D eigenvalue weighted by Crippen LogP contribution is -2.32. The molecule has 112 valence electrons. The Bertz CT molecular complexity index is 371. The number of hydrogen-bond acceptors (Lipinski definition) is 1. The van der Waals surface area contributed by atoms with Crippen LogP contribution in [0.2, 0.25) is 0 Å². The topological polar surface area (TPSA) is 12.0 Å². The summed E-state index contributed by atoms with van der Waals surface area (Å²) in [6, 6.07) is 11.8. The fraction of sp³-hybridized carbons (Fsp3) is 0.684. The molecule has 1 aliphatic rings. The highest BCUT2D eigenvalue weighted by Gasteiger charge is 2.42. The molecule has 0 bridgehead atoms. The zero-order valence-electron chi connectivity index (χ0n) is 13.4. The lowest BCUT2D eigenvalue weighted by atomic mass is 9.98. The third-order valence-electron chi connectivity index (χ3n) is 4.54. The largest absolute Gasteiger partial charge is 0.314 e. The number of hydrogen-bond donors (Lipinski definition) is 1. The van der Waals surface area contributed by atoms with Crippen LogP contribution in [-0.4, -0.2) is 12.6 Å². The van der Waals surface area contributed by atoms with Crippen molar-refractivity contribution < 1.29 is 0 Å². The van der Waals surface area contributed by atoms with Crippen molar-refractivity contribution in [1.82, 2.24) is 5.32 Å². The predicted molar refractivity (Wildman–Crippen MR) is 88.1 cm³/mol. The Morgan fingerprint density at radius 2 is 1.90 bits per heavy atom. The van der Waals surface area contributed by atoms with E-state index in [2.05, 4.69) is 56.4 Å². The monoisotopic (exact) mass is 273 g/mol. The van der Waals surface area contributed by atoms with Crippen LogP contribution in [0, 0.1) is 11.8 Å². The second-order valence-corrected chi connectivity index (χ2v) is 6.80. The molecule has 0 aromatic heterocycles. The molecule has 0 spiro atoms. The second kappa shape index (κ2) is 7.83. The Labute approximate surface area is 125 Å². The molecule has 3 atom stereocenters. The van der Waals surface area contributed by atoms with Crippen molar-refractivity contribution in [1.29, 1.82) is 0 Å². The first-order chi connectivity index (χ1) is 9.72. The average molecular weight is 273 g/mol. The van der Waals surface area contributed by atoms with Crippen LogP contribution in [0.25, 0.3) is 0 Å². The molecule has 1 aromatic carbocycles. The lowest BCUT2D eigenvalue weighted by Gasteiger charge is -2.19. The summed E-state index contributed by atoms with van der Waals surface area (Å²) in [5.74, 6) is 2.52. The van der Waals surface area contributed by atoms with Gasteiger partial charge in [-0.05, 0) is 49.1 Å². The minimum absolute atomic E-state index is 0.735. The summed E-state index contributed by atoms with van der Waals surface area (Å²) in [6.07, 6.45) is 6.72. The van der Waals surface area contributed by atoms with E-state index in [4.69, 9.17) is 0 Å². The first-order valence-electron chi connectivity index (χ1n) is 8.50. The van der Waals surface area contributed by atoms with Crippen LogP contribution >= 0.6 is 0 Å². The fourth-order valence-corrected chi connectivity index (χ4v) is 3.29. The van der Waals surface area contributed by atoms with Crippen molar-refractivity contribution in [3.8, 4) is 0 Å². The van der Waals surface area contributed by atoms with Gasteiger partial charge in [0.2, 0.25) is 0 Å². The highest BCUT2D eigenvalue weighted by molar-refractivity contribution is 5.26. The van der Waals surface area contributed by atoms with Crippen LogP contribution in [0.4, 0.5) is 0 Å². The molecular formula is C19H31N. The maximum Gasteiger partial charge on any atom is 0.0101 e. The lowest BCUT2D eigenvalue weighted by molar-refractivity contribution is 0.399. The number of nitrogens with one attached hydrogen (secondary N) is 1. The van der Waals surface area contributed by atoms with E-state index in [1.807, 2.05) is 0 Å². The van der Waals surface area contributed by atoms with E-state index in [0.717, 1.165) is 23.8 Å². The molecule has 1 fully saturated rings. The zero-order valence-corrected chi connectivity index (χ0v) is 13.4. The highest BCUT2D eigenvalue weighted by atomic mass is 14.9. The summed E-state index contributed by atoms with van der Waals surface area (Å²) in [4.78, 5) is 0. The number of benzene rings is 1. The van der Waals surface area contributed by atoms with Crippen LogP contribution in [-0.2, 0) is 0 Å². The van der Waals surface area contributed by atoms with Gasteiger partial charge in [-0.3, -0.25) is 0 Å². The molecule has 1 aliphatic carbocycles. The molecule has 0 aliphatic heterocycles. The zero-order chi connectivity index (χ0) is 14.4. The van der Waals surface area contributed by atoms with Crippen LogP contribution in [0.5, 0.6) is 0 Å². The maximum atomic E-state index is 3.80. The maximum absolute atomic E-state index is 3.80. The summed E-state index contributed by atoms with van der Waals surface area (Å²) in [5, 5.41) is 3.80. The molecule has 1 saturated carbocycles. The number of rotatable bonds is 9. The van der Waals surface area contributed by atoms with Crippen LogP contribution in [0.1, 0.15) is 64.4 Å². The SMILES string of the molecule is CCCNC(CCCC(C)C)C1CC1c1ccccc1. The van der Waals surface area contributed by atoms with Crippen molar-refractivity contribution in [2.45, 2.75) is 64.8 Å². The third kappa shape index (κ3) is 4.63. The summed E-state index contributed by atoms with van der Waals surface area (Å²) >= 11 is 0. The fourth-order valence-electron chi connectivity index (χ4n) is 3.29. The molecule has 20 heavy (non-hydrogen) atoms. The summed E-state index contributed by atoms with van der Waals surface area (Å²) in [5.41, 5.74) is 1.55. The summed E-state index contributed by atoms with van der Waals surface area (Å²) in [7, 11) is 0. The van der Waals surface area contributed by atoms with Gasteiger partial charge in [0.15, 0.2) is 0 Å². The van der Waals surface area contributed by atoms with Gasteiger partial charge in [-0.15, -0.1) is 0 Å². The quantitative estimate of drug-likeness (QED) is 0.668. The van der Waals surface area contributed by atoms with E-state index in [1.54, 1.807) is 5.56 Å². The Kier molecular flexibility index (Phi) is 6.09. The van der Waals surface area contributed by atoms with E-state index in [9.17, 15) is 0 Å². The van der Waals surface area contributed by atoms with Crippen molar-refractivity contribution in [2.75, 3.05) is 6.54 Å². The Morgan fingerprint density at radius 1 is 1.15 bits per heavy atom. The standard InChI is InChI=1S/C19H31N/c1-4-13-20-19(12-8-9-15(2)3)18-14-17(18)16-10-6-5-7-11-16/h5-7,10-11,15,17-20H,4,8-9,12-14H2,1-3H3. The first-order valence-corrected chi connectivity index (χ1v) is 8.50. The van der Waals surface area contributed by atoms with Gasteiger partial charge in [-0.1, -0.05) is 63.9 Å². The van der Waals surface area contributed by atoms with E-state index < -0.39 is 0 Å². The van der Waals surface area contributed by atoms with Gasteiger partial charge in [-0.25, -0.2) is 0 Å². The van der Waals surface area contributed by atoms with Gasteiger partial charge < -0.3 is 5.32 Å². The van der Waals surface area contributed by atoms with Crippen LogP contribution < -0.4 is 5.32 Å². The second-order valence-electron chi connectivity index (χ2n) is 6.80. The smallest absolute Gasteiger partial charge is 0.0101 e. The normalized spacial score (nSPS) is 23.0. The van der Waals surface area contributed by atoms with Gasteiger partial charge >= 0.3 is 0 Å². The van der Waals surface area contributed by atoms with Gasteiger partial charge in [0.25, 0.3) is 0 Å². The molecule has 1 N–H and O–H groups in total. The molecule has 0 radical (unpaired) electrons. The van der Waals surface area contributed by atoms with Crippen molar-refractivity contribution in [2.24, 2.45) is 11.8 Å². The molecule has 1 nitrogen and oxygen atoms in total. The van der Waals surface area contributed by atoms with Crippen molar-refractivity contribution in [3.05, 3.63) is 35.9 Å². The molecule has 2 rings (SSSR count). The molecule has 3 unspecified atom stereocenters.